The van der Waals surface area contributed by atoms with Gasteiger partial charge in [-0.15, -0.1) is 0 Å². The van der Waals surface area contributed by atoms with Crippen LogP contribution >= 0.6 is 0 Å². The van der Waals surface area contributed by atoms with Gasteiger partial charge in [-0.3, -0.25) is 13.7 Å². The van der Waals surface area contributed by atoms with E-state index in [9.17, 15) is 0 Å². The molecule has 0 N–H and O–H groups in total. The highest BCUT2D eigenvalue weighted by Crippen LogP contribution is 2.45. The molecule has 1 aliphatic heterocycles. The number of aromatic nitrogens is 4. The maximum Gasteiger partial charge on any atom is 0.269 e. The maximum absolute atomic E-state index is 8.97. The third-order valence-electron chi connectivity index (χ3n) is 16.9. The Hall–Kier alpha value is -10.1. The monoisotopic (exact) mass is 1100 g/mol. The van der Waals surface area contributed by atoms with Gasteiger partial charge >= 0.3 is 0 Å². The fraction of sp³-hybridized carbons (Fsp3) is 0.0769. The zero-order valence-corrected chi connectivity index (χ0v) is 47.7. The standard InChI is InChI=1S/C78H60N4OSi/c1-52-24-15-16-33-61(52)70-50-79-75(46-53(70)2)82-72-45-43-60(84(57-27-9-6-10-28-57,58-29-11-7-12-30-58)59-31-13-8-14-32-59)49-69(72)66-44-42-56(48-74(66)82)83-55-26-21-25-54(47-55)80-51-81-76-67(38-22-40-71(76)78(3,4)5)64-36-19-17-34-62(64)63-35-18-20-37-65(63)68-39-23-41-73(80)77(68)81/h6-50H,1-5H3/i1D3,2D3. The number of ether oxygens (including phenoxy) is 1. The SMILES string of the molecule is [2H]C([2H])([2H])c1ccccc1-c1cnc(-n2c3ccc([Si](c4ccccc4)(c4ccccc4)c4ccccc4)cc3c3ccc(Oc4cccc(-n5[c-][n+]6c7c(cccc75)-c5ccccc5-c5ccccc5-c5cccc(C(C)(C)C)c5-6)c4)cc32)cc1C([2H])([2H])[2H]. The van der Waals surface area contributed by atoms with Gasteiger partial charge in [-0.25, -0.2) is 4.98 Å². The normalized spacial score (nSPS) is 13.5. The van der Waals surface area contributed by atoms with E-state index in [-0.39, 0.29) is 22.1 Å². The molecule has 84 heavy (non-hydrogen) atoms. The first-order valence-corrected chi connectivity index (χ1v) is 30.5. The van der Waals surface area contributed by atoms with Gasteiger partial charge in [-0.1, -0.05) is 239 Å². The largest absolute Gasteiger partial charge is 0.458 e. The molecule has 15 rings (SSSR count). The van der Waals surface area contributed by atoms with Crippen LogP contribution in [0.15, 0.2) is 273 Å². The number of benzene rings is 11. The molecule has 14 aromatic rings. The van der Waals surface area contributed by atoms with Crippen LogP contribution in [0.4, 0.5) is 0 Å². The Morgan fingerprint density at radius 1 is 0.440 bits per heavy atom. The number of imidazole rings is 1. The molecule has 0 radical (unpaired) electrons. The van der Waals surface area contributed by atoms with E-state index in [4.69, 9.17) is 17.9 Å². The van der Waals surface area contributed by atoms with Crippen molar-refractivity contribution in [1.82, 2.24) is 14.1 Å². The first-order valence-electron chi connectivity index (χ1n) is 31.5. The van der Waals surface area contributed by atoms with E-state index in [1.807, 2.05) is 34.9 Å². The van der Waals surface area contributed by atoms with E-state index in [0.29, 0.717) is 22.9 Å². The summed E-state index contributed by atoms with van der Waals surface area (Å²) >= 11 is 0. The van der Waals surface area contributed by atoms with E-state index in [0.717, 1.165) is 77.2 Å². The van der Waals surface area contributed by atoms with Gasteiger partial charge < -0.3 is 4.74 Å². The molecule has 6 heteroatoms. The van der Waals surface area contributed by atoms with Crippen molar-refractivity contribution in [2.45, 2.75) is 39.9 Å². The summed E-state index contributed by atoms with van der Waals surface area (Å²) in [6.07, 6.45) is 5.43. The maximum atomic E-state index is 8.97. The van der Waals surface area contributed by atoms with Crippen molar-refractivity contribution in [3.63, 3.8) is 0 Å². The number of fused-ring (bicyclic) bond motifs is 10. The third kappa shape index (κ3) is 8.19. The smallest absolute Gasteiger partial charge is 0.269 e. The minimum Gasteiger partial charge on any atom is -0.458 e. The molecule has 0 spiro atoms. The Bertz CT molecular complexity index is 5030. The van der Waals surface area contributed by atoms with Crippen molar-refractivity contribution in [3.05, 3.63) is 296 Å². The fourth-order valence-corrected chi connectivity index (χ4v) is 17.9. The van der Waals surface area contributed by atoms with Gasteiger partial charge in [0.15, 0.2) is 8.07 Å². The number of hydrogen-bond acceptors (Lipinski definition) is 2. The van der Waals surface area contributed by atoms with Gasteiger partial charge in [-0.2, -0.15) is 0 Å². The minimum absolute atomic E-state index is 0.0178. The number of aryl methyl sites for hydroxylation is 2. The van der Waals surface area contributed by atoms with Crippen LogP contribution in [0.3, 0.4) is 0 Å². The Morgan fingerprint density at radius 3 is 1.68 bits per heavy atom. The molecule has 0 saturated heterocycles. The van der Waals surface area contributed by atoms with Gasteiger partial charge in [-0.05, 0) is 138 Å². The molecule has 0 unspecified atom stereocenters. The number of hydrogen-bond donors (Lipinski definition) is 0. The molecule has 5 nitrogen and oxygen atoms in total. The van der Waals surface area contributed by atoms with Crippen LogP contribution in [0.1, 0.15) is 45.7 Å². The van der Waals surface area contributed by atoms with E-state index < -0.39 is 21.8 Å². The number of rotatable bonds is 9. The van der Waals surface area contributed by atoms with Gasteiger partial charge in [0, 0.05) is 36.8 Å². The van der Waals surface area contributed by atoms with E-state index in [2.05, 4.69) is 242 Å². The Balaban J connectivity index is 0.925. The summed E-state index contributed by atoms with van der Waals surface area (Å²) in [4.78, 5) is 5.07. The first-order chi connectivity index (χ1) is 43.6. The van der Waals surface area contributed by atoms with Gasteiger partial charge in [0.05, 0.1) is 33.4 Å². The van der Waals surface area contributed by atoms with Gasteiger partial charge in [0.2, 0.25) is 0 Å². The van der Waals surface area contributed by atoms with Gasteiger partial charge in [0.1, 0.15) is 17.3 Å². The van der Waals surface area contributed by atoms with E-state index in [1.54, 1.807) is 24.3 Å². The molecular formula is C78H60N4OSi. The van der Waals surface area contributed by atoms with Crippen LogP contribution in [-0.2, 0) is 5.41 Å². The summed E-state index contributed by atoms with van der Waals surface area (Å²) in [6, 6.07) is 92.0. The van der Waals surface area contributed by atoms with Crippen molar-refractivity contribution < 1.29 is 17.5 Å². The third-order valence-corrected chi connectivity index (χ3v) is 21.7. The molecule has 1 aliphatic rings. The second-order valence-electron chi connectivity index (χ2n) is 22.8. The lowest BCUT2D eigenvalue weighted by Gasteiger charge is -2.34. The van der Waals surface area contributed by atoms with Crippen molar-refractivity contribution in [1.29, 1.82) is 0 Å². The molecule has 0 fully saturated rings. The highest BCUT2D eigenvalue weighted by atomic mass is 28.3. The molecule has 0 aliphatic carbocycles. The van der Waals surface area contributed by atoms with Crippen molar-refractivity contribution in [3.8, 4) is 73.2 Å². The van der Waals surface area contributed by atoms with Crippen LogP contribution in [0.2, 0.25) is 0 Å². The molecular weight excluding hydrogens is 1040 g/mol. The zero-order chi connectivity index (χ0) is 61.7. The summed E-state index contributed by atoms with van der Waals surface area (Å²) in [6.45, 7) is 1.65. The highest BCUT2D eigenvalue weighted by molar-refractivity contribution is 7.20. The quantitative estimate of drug-likeness (QED) is 0.0625. The second kappa shape index (κ2) is 20.1. The average Bonchev–Trinajstić information content (AvgIpc) is 1.41. The molecule has 0 atom stereocenters. The topological polar surface area (TPSA) is 35.9 Å². The Kier molecular flexibility index (Phi) is 10.6. The van der Waals surface area contributed by atoms with Crippen molar-refractivity contribution in [2.24, 2.45) is 0 Å². The van der Waals surface area contributed by atoms with E-state index in [1.165, 1.54) is 39.0 Å². The summed E-state index contributed by atoms with van der Waals surface area (Å²) in [5.74, 6) is 1.49. The van der Waals surface area contributed by atoms with Crippen molar-refractivity contribution in [2.75, 3.05) is 0 Å². The predicted octanol–water partition coefficient (Wildman–Crippen LogP) is 16.3. The Morgan fingerprint density at radius 2 is 1.01 bits per heavy atom. The number of nitrogens with zero attached hydrogens (tertiary/aromatic N) is 4. The van der Waals surface area contributed by atoms with Crippen molar-refractivity contribution >= 4 is 61.7 Å². The summed E-state index contributed by atoms with van der Waals surface area (Å²) in [5, 5.41) is 6.69. The van der Waals surface area contributed by atoms with Crippen LogP contribution < -0.4 is 30.1 Å². The Labute approximate surface area is 500 Å². The average molecular weight is 1100 g/mol. The summed E-state index contributed by atoms with van der Waals surface area (Å²) < 4.78 is 65.7. The lowest BCUT2D eigenvalue weighted by Crippen LogP contribution is -2.74. The zero-order valence-electron chi connectivity index (χ0n) is 52.7. The lowest BCUT2D eigenvalue weighted by atomic mass is 9.82. The number of para-hydroxylation sites is 2. The van der Waals surface area contributed by atoms with E-state index >= 15 is 0 Å². The van der Waals surface area contributed by atoms with Crippen LogP contribution in [0, 0.1) is 20.0 Å². The molecule has 0 saturated carbocycles. The molecule has 3 aromatic heterocycles. The summed E-state index contributed by atoms with van der Waals surface area (Å²) in [7, 11) is -3.03. The van der Waals surface area contributed by atoms with Crippen LogP contribution in [-0.4, -0.2) is 22.2 Å². The highest BCUT2D eigenvalue weighted by Gasteiger charge is 2.42. The minimum atomic E-state index is -3.03. The fourth-order valence-electron chi connectivity index (χ4n) is 13.2. The lowest BCUT2D eigenvalue weighted by molar-refractivity contribution is -0.572. The van der Waals surface area contributed by atoms with Crippen LogP contribution in [0.25, 0.3) is 94.5 Å². The molecule has 0 amide bonds. The molecule has 11 aromatic carbocycles. The first kappa shape index (κ1) is 44.5. The predicted molar refractivity (Wildman–Crippen MR) is 349 cm³/mol. The molecule has 0 bridgehead atoms. The molecule has 402 valence electrons. The summed E-state index contributed by atoms with van der Waals surface area (Å²) in [5.41, 5.74) is 13.8. The molecule has 4 heterocycles. The number of pyridine rings is 1. The van der Waals surface area contributed by atoms with Gasteiger partial charge in [0.25, 0.3) is 6.33 Å². The van der Waals surface area contributed by atoms with Crippen LogP contribution in [0.5, 0.6) is 11.5 Å². The second-order valence-corrected chi connectivity index (χ2v) is 26.6.